The summed E-state index contributed by atoms with van der Waals surface area (Å²) in [6.07, 6.45) is -0.240. The molecule has 2 aromatic carbocycles. The number of hydrogen-bond donors (Lipinski definition) is 1. The normalized spacial score (nSPS) is 15.4. The van der Waals surface area contributed by atoms with Gasteiger partial charge in [0.05, 0.1) is 11.7 Å². The van der Waals surface area contributed by atoms with Crippen molar-refractivity contribution in [2.24, 2.45) is 0 Å². The molecule has 0 radical (unpaired) electrons. The topological polar surface area (TPSA) is 103 Å². The van der Waals surface area contributed by atoms with Crippen LogP contribution in [0.25, 0.3) is 0 Å². The molecule has 3 aromatic rings. The number of fused-ring (bicyclic) bond motifs is 1. The van der Waals surface area contributed by atoms with Crippen LogP contribution in [0.3, 0.4) is 0 Å². The molecular formula is C24H24ClN3O6. The molecule has 0 fully saturated rings. The second-order valence-electron chi connectivity index (χ2n) is 7.90. The van der Waals surface area contributed by atoms with Crippen molar-refractivity contribution in [1.82, 2.24) is 14.8 Å². The predicted molar refractivity (Wildman–Crippen MR) is 123 cm³/mol. The molecule has 0 aliphatic carbocycles. The molecule has 10 heteroatoms. The van der Waals surface area contributed by atoms with E-state index in [4.69, 9.17) is 31.0 Å². The number of rotatable bonds is 7. The number of benzene rings is 2. The zero-order chi connectivity index (χ0) is 24.2. The van der Waals surface area contributed by atoms with Crippen LogP contribution in [0.1, 0.15) is 34.1 Å². The lowest BCUT2D eigenvalue weighted by Crippen LogP contribution is -2.38. The van der Waals surface area contributed by atoms with Crippen molar-refractivity contribution in [3.05, 3.63) is 81.6 Å². The molecular weight excluding hydrogens is 462 g/mol. The van der Waals surface area contributed by atoms with E-state index in [9.17, 15) is 9.59 Å². The van der Waals surface area contributed by atoms with E-state index < -0.39 is 24.8 Å². The average molecular weight is 486 g/mol. The monoisotopic (exact) mass is 485 g/mol. The van der Waals surface area contributed by atoms with Gasteiger partial charge in [-0.15, -0.1) is 5.06 Å². The van der Waals surface area contributed by atoms with E-state index in [0.717, 1.165) is 22.5 Å². The minimum atomic E-state index is -1.11. The van der Waals surface area contributed by atoms with Crippen LogP contribution in [0.2, 0.25) is 5.02 Å². The SMILES string of the molecule is Cc1cc(C)n(COC(=O)ON2CCc3ccccc3C2c2cc(Cl)ccc2OCC(=O)O)n1. The number of nitrogens with zero attached hydrogens (tertiary/aromatic N) is 3. The zero-order valence-corrected chi connectivity index (χ0v) is 19.5. The van der Waals surface area contributed by atoms with Crippen LogP contribution in [-0.4, -0.2) is 45.2 Å². The van der Waals surface area contributed by atoms with Gasteiger partial charge in [-0.3, -0.25) is 0 Å². The molecule has 4 rings (SSSR count). The van der Waals surface area contributed by atoms with Crippen LogP contribution in [0, 0.1) is 13.8 Å². The van der Waals surface area contributed by atoms with Crippen LogP contribution in [0.15, 0.2) is 48.5 Å². The molecule has 0 saturated carbocycles. The van der Waals surface area contributed by atoms with E-state index >= 15 is 0 Å². The molecule has 1 aliphatic heterocycles. The predicted octanol–water partition coefficient (Wildman–Crippen LogP) is 4.29. The Bertz CT molecular complexity index is 1210. The van der Waals surface area contributed by atoms with Crippen molar-refractivity contribution in [1.29, 1.82) is 0 Å². The molecule has 2 heterocycles. The lowest BCUT2D eigenvalue weighted by atomic mass is 9.89. The minimum absolute atomic E-state index is 0.0856. The summed E-state index contributed by atoms with van der Waals surface area (Å²) in [7, 11) is 0. The van der Waals surface area contributed by atoms with Crippen molar-refractivity contribution in [2.45, 2.75) is 33.0 Å². The van der Waals surface area contributed by atoms with Gasteiger partial charge in [-0.2, -0.15) is 5.10 Å². The molecule has 0 bridgehead atoms. The number of halogens is 1. The Balaban J connectivity index is 1.61. The fourth-order valence-corrected chi connectivity index (χ4v) is 4.19. The Labute approximate surface area is 201 Å². The van der Waals surface area contributed by atoms with E-state index in [0.29, 0.717) is 29.3 Å². The number of ether oxygens (including phenoxy) is 2. The average Bonchev–Trinajstić information content (AvgIpc) is 3.13. The van der Waals surface area contributed by atoms with Crippen LogP contribution >= 0.6 is 11.6 Å². The van der Waals surface area contributed by atoms with E-state index in [1.807, 2.05) is 44.2 Å². The van der Waals surface area contributed by atoms with Gasteiger partial charge in [0.25, 0.3) is 0 Å². The van der Waals surface area contributed by atoms with Gasteiger partial charge in [0.15, 0.2) is 13.3 Å². The third-order valence-electron chi connectivity index (χ3n) is 5.46. The van der Waals surface area contributed by atoms with E-state index in [1.165, 1.54) is 5.06 Å². The van der Waals surface area contributed by atoms with E-state index in [-0.39, 0.29) is 6.73 Å². The summed E-state index contributed by atoms with van der Waals surface area (Å²) in [5.41, 5.74) is 4.22. The molecule has 1 aliphatic rings. The van der Waals surface area contributed by atoms with Gasteiger partial charge < -0.3 is 19.4 Å². The zero-order valence-electron chi connectivity index (χ0n) is 18.7. The standard InChI is InChI=1S/C24H24ClN3O6/c1-15-11-16(2)27(26-15)14-33-24(31)34-28-10-9-17-5-3-4-6-19(17)23(28)20-12-18(25)7-8-21(20)32-13-22(29)30/h3-8,11-12,23H,9-10,13-14H2,1-2H3,(H,29,30). The van der Waals surface area contributed by atoms with Crippen molar-refractivity contribution >= 4 is 23.7 Å². The fraction of sp³-hybridized carbons (Fsp3) is 0.292. The van der Waals surface area contributed by atoms with Gasteiger partial charge in [0.2, 0.25) is 0 Å². The van der Waals surface area contributed by atoms with Gasteiger partial charge in [0.1, 0.15) is 5.75 Å². The number of hydrogen-bond acceptors (Lipinski definition) is 7. The van der Waals surface area contributed by atoms with Gasteiger partial charge in [-0.1, -0.05) is 35.9 Å². The first-order valence-corrected chi connectivity index (χ1v) is 11.0. The van der Waals surface area contributed by atoms with Crippen LogP contribution in [-0.2, 0) is 27.5 Å². The molecule has 1 N–H and O–H groups in total. The maximum atomic E-state index is 12.6. The number of carboxylic acid groups (broad SMARTS) is 1. The number of carbonyl (C=O) groups is 2. The maximum Gasteiger partial charge on any atom is 0.529 e. The highest BCUT2D eigenvalue weighted by Gasteiger charge is 2.34. The Morgan fingerprint density at radius 3 is 2.68 bits per heavy atom. The summed E-state index contributed by atoms with van der Waals surface area (Å²) in [6.45, 7) is 3.50. The third-order valence-corrected chi connectivity index (χ3v) is 5.69. The number of aliphatic carboxylic acids is 1. The number of aryl methyl sites for hydroxylation is 2. The Morgan fingerprint density at radius 1 is 1.15 bits per heavy atom. The molecule has 1 aromatic heterocycles. The second-order valence-corrected chi connectivity index (χ2v) is 8.33. The van der Waals surface area contributed by atoms with Crippen molar-refractivity contribution in [3.63, 3.8) is 0 Å². The summed E-state index contributed by atoms with van der Waals surface area (Å²) in [4.78, 5) is 29.3. The summed E-state index contributed by atoms with van der Waals surface area (Å²) >= 11 is 6.28. The molecule has 0 amide bonds. The van der Waals surface area contributed by atoms with Gasteiger partial charge in [-0.05, 0) is 55.7 Å². The highest BCUT2D eigenvalue weighted by molar-refractivity contribution is 6.30. The lowest BCUT2D eigenvalue weighted by molar-refractivity contribution is -0.155. The number of aromatic nitrogens is 2. The Hall–Kier alpha value is -3.56. The second kappa shape index (κ2) is 10.1. The molecule has 0 saturated heterocycles. The van der Waals surface area contributed by atoms with Crippen molar-refractivity contribution in [2.75, 3.05) is 13.2 Å². The number of carbonyl (C=O) groups excluding carboxylic acids is 1. The molecule has 0 spiro atoms. The number of hydroxylamine groups is 2. The highest BCUT2D eigenvalue weighted by Crippen LogP contribution is 2.40. The first-order chi connectivity index (χ1) is 16.3. The summed E-state index contributed by atoms with van der Waals surface area (Å²) in [6, 6.07) is 14.0. The number of carboxylic acids is 1. The van der Waals surface area contributed by atoms with E-state index in [2.05, 4.69) is 5.10 Å². The first-order valence-electron chi connectivity index (χ1n) is 10.7. The molecule has 1 atom stereocenters. The van der Waals surface area contributed by atoms with Crippen LogP contribution in [0.4, 0.5) is 4.79 Å². The molecule has 1 unspecified atom stereocenters. The summed E-state index contributed by atoms with van der Waals surface area (Å²) < 4.78 is 12.4. The molecule has 178 valence electrons. The summed E-state index contributed by atoms with van der Waals surface area (Å²) in [5.74, 6) is -0.774. The lowest BCUT2D eigenvalue weighted by Gasteiger charge is -2.36. The molecule has 34 heavy (non-hydrogen) atoms. The van der Waals surface area contributed by atoms with Crippen molar-refractivity contribution in [3.8, 4) is 5.75 Å². The smallest absolute Gasteiger partial charge is 0.482 e. The summed E-state index contributed by atoms with van der Waals surface area (Å²) in [5, 5.41) is 15.3. The highest BCUT2D eigenvalue weighted by atomic mass is 35.5. The van der Waals surface area contributed by atoms with Gasteiger partial charge in [0, 0.05) is 22.8 Å². The Morgan fingerprint density at radius 2 is 1.94 bits per heavy atom. The Kier molecular flexibility index (Phi) is 7.04. The van der Waals surface area contributed by atoms with Crippen LogP contribution in [0.5, 0.6) is 5.75 Å². The largest absolute Gasteiger partial charge is 0.529 e. The van der Waals surface area contributed by atoms with Gasteiger partial charge in [-0.25, -0.2) is 14.3 Å². The minimum Gasteiger partial charge on any atom is -0.482 e. The third kappa shape index (κ3) is 5.32. The van der Waals surface area contributed by atoms with Crippen molar-refractivity contribution < 1.29 is 29.0 Å². The van der Waals surface area contributed by atoms with Crippen LogP contribution < -0.4 is 4.74 Å². The maximum absolute atomic E-state index is 12.6. The molecule has 9 nitrogen and oxygen atoms in total. The van der Waals surface area contributed by atoms with Gasteiger partial charge >= 0.3 is 12.1 Å². The van der Waals surface area contributed by atoms with E-state index in [1.54, 1.807) is 22.9 Å². The quantitative estimate of drug-likeness (QED) is 0.494. The fourth-order valence-electron chi connectivity index (χ4n) is 4.01. The first kappa shape index (κ1) is 23.6.